The van der Waals surface area contributed by atoms with Crippen molar-refractivity contribution in [1.82, 2.24) is 14.8 Å². The summed E-state index contributed by atoms with van der Waals surface area (Å²) in [7, 11) is 1.35. The topological polar surface area (TPSA) is 57.0 Å². The van der Waals surface area contributed by atoms with Crippen molar-refractivity contribution in [2.45, 2.75) is 17.5 Å². The Balaban J connectivity index is 1.90. The molecule has 3 aromatic rings. The molecule has 7 heteroatoms. The van der Waals surface area contributed by atoms with Gasteiger partial charge in [0.15, 0.2) is 11.0 Å². The molecule has 0 bridgehead atoms. The lowest BCUT2D eigenvalue weighted by molar-refractivity contribution is 0.0600. The normalized spacial score (nSPS) is 10.6. The van der Waals surface area contributed by atoms with Crippen LogP contribution in [0.5, 0.6) is 0 Å². The molecule has 138 valence electrons. The van der Waals surface area contributed by atoms with Gasteiger partial charge in [0.1, 0.15) is 5.82 Å². The van der Waals surface area contributed by atoms with E-state index < -0.39 is 0 Å². The Kier molecular flexibility index (Phi) is 6.03. The van der Waals surface area contributed by atoms with Crippen molar-refractivity contribution in [2.75, 3.05) is 7.11 Å². The minimum atomic E-state index is -0.384. The summed E-state index contributed by atoms with van der Waals surface area (Å²) >= 11 is 1.41. The van der Waals surface area contributed by atoms with Crippen LogP contribution in [0.25, 0.3) is 11.4 Å². The fourth-order valence-electron chi connectivity index (χ4n) is 2.63. The predicted molar refractivity (Wildman–Crippen MR) is 103 cm³/mol. The van der Waals surface area contributed by atoms with E-state index in [0.29, 0.717) is 34.4 Å². The van der Waals surface area contributed by atoms with Crippen molar-refractivity contribution in [3.63, 3.8) is 0 Å². The van der Waals surface area contributed by atoms with Crippen molar-refractivity contribution in [1.29, 1.82) is 0 Å². The lowest BCUT2D eigenvalue weighted by atomic mass is 10.1. The number of esters is 1. The highest BCUT2D eigenvalue weighted by molar-refractivity contribution is 7.98. The molecule has 1 heterocycles. The monoisotopic (exact) mass is 383 g/mol. The maximum absolute atomic E-state index is 14.2. The molecule has 0 aliphatic rings. The second-order valence-corrected chi connectivity index (χ2v) is 6.57. The Morgan fingerprint density at radius 2 is 1.96 bits per heavy atom. The third-order valence-electron chi connectivity index (χ3n) is 3.92. The molecule has 0 radical (unpaired) electrons. The van der Waals surface area contributed by atoms with Crippen LogP contribution in [0.2, 0.25) is 0 Å². The first-order chi connectivity index (χ1) is 13.2. The standard InChI is InChI=1S/C20H18FN3O2S/c1-3-12-24-18(16-10-6-7-11-17(16)21)22-23-20(24)27-13-14-8-4-5-9-15(14)19(25)26-2/h3-11H,1,12-13H2,2H3. The van der Waals surface area contributed by atoms with Crippen LogP contribution in [-0.2, 0) is 17.0 Å². The van der Waals surface area contributed by atoms with E-state index in [1.165, 1.54) is 24.9 Å². The molecule has 3 rings (SSSR count). The molecule has 0 aliphatic carbocycles. The number of halogens is 1. The number of hydrogen-bond donors (Lipinski definition) is 0. The highest BCUT2D eigenvalue weighted by Crippen LogP contribution is 2.28. The van der Waals surface area contributed by atoms with Gasteiger partial charge in [-0.25, -0.2) is 9.18 Å². The zero-order valence-corrected chi connectivity index (χ0v) is 15.6. The number of rotatable bonds is 7. The number of carbonyl (C=O) groups is 1. The van der Waals surface area contributed by atoms with Crippen LogP contribution in [0.4, 0.5) is 4.39 Å². The van der Waals surface area contributed by atoms with E-state index in [4.69, 9.17) is 4.74 Å². The molecule has 0 amide bonds. The zero-order valence-electron chi connectivity index (χ0n) is 14.8. The van der Waals surface area contributed by atoms with Crippen molar-refractivity contribution < 1.29 is 13.9 Å². The van der Waals surface area contributed by atoms with Gasteiger partial charge in [-0.15, -0.1) is 16.8 Å². The molecule has 0 unspecified atom stereocenters. The van der Waals surface area contributed by atoms with Crippen LogP contribution in [0.15, 0.2) is 66.3 Å². The molecule has 0 spiro atoms. The Bertz CT molecular complexity index is 971. The summed E-state index contributed by atoms with van der Waals surface area (Å²) in [6.45, 7) is 4.20. The third-order valence-corrected chi connectivity index (χ3v) is 4.94. The molecule has 0 saturated heterocycles. The van der Waals surface area contributed by atoms with Crippen molar-refractivity contribution in [2.24, 2.45) is 0 Å². The first-order valence-electron chi connectivity index (χ1n) is 8.23. The summed E-state index contributed by atoms with van der Waals surface area (Å²) in [5.41, 5.74) is 1.72. The van der Waals surface area contributed by atoms with E-state index in [1.54, 1.807) is 41.0 Å². The molecular weight excluding hydrogens is 365 g/mol. The second-order valence-electron chi connectivity index (χ2n) is 5.62. The van der Waals surface area contributed by atoms with E-state index in [2.05, 4.69) is 16.8 Å². The maximum atomic E-state index is 14.2. The van der Waals surface area contributed by atoms with Gasteiger partial charge in [0.2, 0.25) is 0 Å². The van der Waals surface area contributed by atoms with E-state index >= 15 is 0 Å². The van der Waals surface area contributed by atoms with Crippen LogP contribution < -0.4 is 0 Å². The summed E-state index contributed by atoms with van der Waals surface area (Å²) < 4.78 is 20.8. The molecule has 2 aromatic carbocycles. The largest absolute Gasteiger partial charge is 0.465 e. The number of hydrogen-bond acceptors (Lipinski definition) is 5. The molecule has 0 N–H and O–H groups in total. The number of allylic oxidation sites excluding steroid dienone is 1. The number of carbonyl (C=O) groups excluding carboxylic acids is 1. The lowest BCUT2D eigenvalue weighted by Crippen LogP contribution is -2.05. The SMILES string of the molecule is C=CCn1c(SCc2ccccc2C(=O)OC)nnc1-c1ccccc1F. The minimum absolute atomic E-state index is 0.359. The molecule has 0 aliphatic heterocycles. The first-order valence-corrected chi connectivity index (χ1v) is 9.22. The predicted octanol–water partition coefficient (Wildman–Crippen LogP) is 4.35. The van der Waals surface area contributed by atoms with Gasteiger partial charge < -0.3 is 4.74 Å². The van der Waals surface area contributed by atoms with Crippen LogP contribution in [0.3, 0.4) is 0 Å². The summed E-state index contributed by atoms with van der Waals surface area (Å²) in [4.78, 5) is 11.9. The van der Waals surface area contributed by atoms with Crippen molar-refractivity contribution in [3.8, 4) is 11.4 Å². The molecule has 5 nitrogen and oxygen atoms in total. The number of thioether (sulfide) groups is 1. The van der Waals surface area contributed by atoms with E-state index in [-0.39, 0.29) is 11.8 Å². The van der Waals surface area contributed by atoms with E-state index in [9.17, 15) is 9.18 Å². The molecule has 0 fully saturated rings. The van der Waals surface area contributed by atoms with Crippen molar-refractivity contribution in [3.05, 3.63) is 78.1 Å². The smallest absolute Gasteiger partial charge is 0.338 e. The zero-order chi connectivity index (χ0) is 19.2. The summed E-state index contributed by atoms with van der Waals surface area (Å²) in [5, 5.41) is 8.99. The summed E-state index contributed by atoms with van der Waals surface area (Å²) in [6.07, 6.45) is 1.71. The van der Waals surface area contributed by atoms with Gasteiger partial charge in [0.25, 0.3) is 0 Å². The van der Waals surface area contributed by atoms with Gasteiger partial charge in [0.05, 0.1) is 18.2 Å². The number of ether oxygens (including phenoxy) is 1. The highest BCUT2D eigenvalue weighted by atomic mass is 32.2. The van der Waals surface area contributed by atoms with Gasteiger partial charge >= 0.3 is 5.97 Å². The molecular formula is C20H18FN3O2S. The summed E-state index contributed by atoms with van der Waals surface area (Å²) in [6, 6.07) is 13.7. The Morgan fingerprint density at radius 1 is 1.22 bits per heavy atom. The number of benzene rings is 2. The van der Waals surface area contributed by atoms with E-state index in [0.717, 1.165) is 5.56 Å². The van der Waals surface area contributed by atoms with Gasteiger partial charge in [-0.2, -0.15) is 0 Å². The number of aromatic nitrogens is 3. The highest BCUT2D eigenvalue weighted by Gasteiger charge is 2.17. The second kappa shape index (κ2) is 8.64. The number of methoxy groups -OCH3 is 1. The average Bonchev–Trinajstić information content (AvgIpc) is 3.09. The van der Waals surface area contributed by atoms with Crippen LogP contribution in [0, 0.1) is 5.82 Å². The van der Waals surface area contributed by atoms with Crippen LogP contribution in [0.1, 0.15) is 15.9 Å². The fraction of sp³-hybridized carbons (Fsp3) is 0.150. The van der Waals surface area contributed by atoms with Gasteiger partial charge in [-0.1, -0.05) is 48.2 Å². The lowest BCUT2D eigenvalue weighted by Gasteiger charge is -2.10. The minimum Gasteiger partial charge on any atom is -0.465 e. The molecule has 0 saturated carbocycles. The van der Waals surface area contributed by atoms with Gasteiger partial charge in [-0.05, 0) is 23.8 Å². The maximum Gasteiger partial charge on any atom is 0.338 e. The quantitative estimate of drug-likeness (QED) is 0.345. The van der Waals surface area contributed by atoms with E-state index in [1.807, 2.05) is 12.1 Å². The van der Waals surface area contributed by atoms with Gasteiger partial charge in [-0.3, -0.25) is 4.57 Å². The first kappa shape index (κ1) is 18.8. The number of nitrogens with zero attached hydrogens (tertiary/aromatic N) is 3. The van der Waals surface area contributed by atoms with Crippen LogP contribution >= 0.6 is 11.8 Å². The third kappa shape index (κ3) is 4.09. The van der Waals surface area contributed by atoms with Crippen molar-refractivity contribution >= 4 is 17.7 Å². The molecule has 27 heavy (non-hydrogen) atoms. The fourth-order valence-corrected chi connectivity index (χ4v) is 3.58. The van der Waals surface area contributed by atoms with Gasteiger partial charge in [0, 0.05) is 12.3 Å². The molecule has 1 aromatic heterocycles. The Hall–Kier alpha value is -2.93. The molecule has 0 atom stereocenters. The van der Waals surface area contributed by atoms with Crippen LogP contribution in [-0.4, -0.2) is 27.8 Å². The summed E-state index contributed by atoms with van der Waals surface area (Å²) in [5.74, 6) is 0.197. The Labute approximate surface area is 160 Å². The average molecular weight is 383 g/mol. The Morgan fingerprint density at radius 3 is 2.70 bits per heavy atom.